The molecule has 0 aliphatic rings. The highest BCUT2D eigenvalue weighted by atomic mass is 19.1. The van der Waals surface area contributed by atoms with E-state index in [0.717, 1.165) is 16.7 Å². The van der Waals surface area contributed by atoms with Crippen molar-refractivity contribution in [2.24, 2.45) is 5.84 Å². The van der Waals surface area contributed by atoms with E-state index in [1.807, 2.05) is 13.0 Å². The molecule has 0 amide bonds. The normalized spacial score (nSPS) is 12.0. The van der Waals surface area contributed by atoms with E-state index in [9.17, 15) is 4.39 Å². The van der Waals surface area contributed by atoms with Crippen LogP contribution in [0.4, 0.5) is 4.39 Å². The number of rotatable bonds is 5. The zero-order valence-corrected chi connectivity index (χ0v) is 12.3. The van der Waals surface area contributed by atoms with Crippen molar-refractivity contribution in [1.82, 2.24) is 5.43 Å². The molecule has 0 heterocycles. The number of hydrogen-bond donors (Lipinski definition) is 2. The zero-order chi connectivity index (χ0) is 15.4. The van der Waals surface area contributed by atoms with Crippen molar-refractivity contribution in [2.75, 3.05) is 14.2 Å². The van der Waals surface area contributed by atoms with E-state index in [0.29, 0.717) is 11.5 Å². The van der Waals surface area contributed by atoms with Crippen molar-refractivity contribution in [2.45, 2.75) is 13.0 Å². The van der Waals surface area contributed by atoms with E-state index >= 15 is 0 Å². The summed E-state index contributed by atoms with van der Waals surface area (Å²) in [5.74, 6) is 6.73. The van der Waals surface area contributed by atoms with Gasteiger partial charge in [0.1, 0.15) is 17.3 Å². The van der Waals surface area contributed by atoms with Gasteiger partial charge in [-0.15, -0.1) is 0 Å². The molecule has 0 aromatic heterocycles. The SMILES string of the molecule is COc1ccc(OC)c(C(NN)c2cc(F)ccc2C)c1. The van der Waals surface area contributed by atoms with Gasteiger partial charge in [-0.05, 0) is 48.4 Å². The fourth-order valence-corrected chi connectivity index (χ4v) is 2.33. The first kappa shape index (κ1) is 15.3. The first-order valence-electron chi connectivity index (χ1n) is 6.54. The van der Waals surface area contributed by atoms with Crippen LogP contribution in [-0.2, 0) is 0 Å². The highest BCUT2D eigenvalue weighted by Crippen LogP contribution is 2.34. The lowest BCUT2D eigenvalue weighted by molar-refractivity contribution is 0.394. The van der Waals surface area contributed by atoms with Crippen LogP contribution in [0.3, 0.4) is 0 Å². The fraction of sp³-hybridized carbons (Fsp3) is 0.250. The van der Waals surface area contributed by atoms with E-state index in [-0.39, 0.29) is 5.82 Å². The quantitative estimate of drug-likeness (QED) is 0.656. The summed E-state index contributed by atoms with van der Waals surface area (Å²) in [7, 11) is 3.17. The van der Waals surface area contributed by atoms with Gasteiger partial charge in [0.05, 0.1) is 20.3 Å². The van der Waals surface area contributed by atoms with Gasteiger partial charge in [-0.25, -0.2) is 9.82 Å². The van der Waals surface area contributed by atoms with Gasteiger partial charge in [0, 0.05) is 5.56 Å². The maximum absolute atomic E-state index is 13.6. The molecule has 2 aromatic carbocycles. The molecule has 112 valence electrons. The summed E-state index contributed by atoms with van der Waals surface area (Å²) in [6.07, 6.45) is 0. The van der Waals surface area contributed by atoms with Crippen LogP contribution in [0.1, 0.15) is 22.7 Å². The summed E-state index contributed by atoms with van der Waals surface area (Å²) in [4.78, 5) is 0. The van der Waals surface area contributed by atoms with Crippen LogP contribution in [-0.4, -0.2) is 14.2 Å². The van der Waals surface area contributed by atoms with Crippen molar-refractivity contribution in [3.8, 4) is 11.5 Å². The predicted octanol–water partition coefficient (Wildman–Crippen LogP) is 2.70. The molecule has 0 saturated heterocycles. The van der Waals surface area contributed by atoms with E-state index in [1.165, 1.54) is 12.1 Å². The molecule has 2 rings (SSSR count). The number of benzene rings is 2. The van der Waals surface area contributed by atoms with E-state index in [2.05, 4.69) is 5.43 Å². The van der Waals surface area contributed by atoms with Gasteiger partial charge in [-0.1, -0.05) is 6.07 Å². The minimum atomic E-state index is -0.397. The molecule has 0 spiro atoms. The molecule has 0 radical (unpaired) electrons. The molecule has 21 heavy (non-hydrogen) atoms. The van der Waals surface area contributed by atoms with Gasteiger partial charge < -0.3 is 9.47 Å². The summed E-state index contributed by atoms with van der Waals surface area (Å²) >= 11 is 0. The molecule has 5 heteroatoms. The fourth-order valence-electron chi connectivity index (χ4n) is 2.33. The lowest BCUT2D eigenvalue weighted by Gasteiger charge is -2.22. The Hall–Kier alpha value is -2.11. The van der Waals surface area contributed by atoms with Gasteiger partial charge in [0.15, 0.2) is 0 Å². The van der Waals surface area contributed by atoms with Gasteiger partial charge in [0.2, 0.25) is 0 Å². The van der Waals surface area contributed by atoms with Gasteiger partial charge >= 0.3 is 0 Å². The Labute approximate surface area is 123 Å². The Balaban J connectivity index is 2.57. The van der Waals surface area contributed by atoms with Crippen LogP contribution in [0.25, 0.3) is 0 Å². The Kier molecular flexibility index (Phi) is 4.77. The summed E-state index contributed by atoms with van der Waals surface area (Å²) in [6.45, 7) is 1.91. The highest BCUT2D eigenvalue weighted by Gasteiger charge is 2.20. The van der Waals surface area contributed by atoms with Crippen LogP contribution in [0, 0.1) is 12.7 Å². The molecular formula is C16H19FN2O2. The van der Waals surface area contributed by atoms with E-state index < -0.39 is 6.04 Å². The molecule has 3 N–H and O–H groups in total. The number of halogens is 1. The average Bonchev–Trinajstić information content (AvgIpc) is 2.51. The Bertz CT molecular complexity index is 632. The van der Waals surface area contributed by atoms with E-state index in [4.69, 9.17) is 15.3 Å². The van der Waals surface area contributed by atoms with Crippen LogP contribution >= 0.6 is 0 Å². The van der Waals surface area contributed by atoms with Crippen LogP contribution in [0.15, 0.2) is 36.4 Å². The van der Waals surface area contributed by atoms with Crippen LogP contribution < -0.4 is 20.7 Å². The molecule has 0 aliphatic carbocycles. The molecule has 0 saturated carbocycles. The number of nitrogens with one attached hydrogen (secondary N) is 1. The second-order valence-corrected chi connectivity index (χ2v) is 4.71. The molecule has 0 fully saturated rings. The smallest absolute Gasteiger partial charge is 0.124 e. The minimum absolute atomic E-state index is 0.308. The van der Waals surface area contributed by atoms with Crippen LogP contribution in [0.2, 0.25) is 0 Å². The second kappa shape index (κ2) is 6.56. The summed E-state index contributed by atoms with van der Waals surface area (Å²) in [5.41, 5.74) is 5.20. The van der Waals surface area contributed by atoms with Gasteiger partial charge in [0.25, 0.3) is 0 Å². The maximum Gasteiger partial charge on any atom is 0.124 e. The molecule has 2 aromatic rings. The number of ether oxygens (including phenoxy) is 2. The lowest BCUT2D eigenvalue weighted by Crippen LogP contribution is -2.29. The summed E-state index contributed by atoms with van der Waals surface area (Å²) in [6, 6.07) is 9.65. The Morgan fingerprint density at radius 3 is 2.43 bits per heavy atom. The van der Waals surface area contributed by atoms with E-state index in [1.54, 1.807) is 32.4 Å². The van der Waals surface area contributed by atoms with Gasteiger partial charge in [-0.3, -0.25) is 5.84 Å². The number of aryl methyl sites for hydroxylation is 1. The number of nitrogens with two attached hydrogens (primary N) is 1. The third-order valence-electron chi connectivity index (χ3n) is 3.47. The molecule has 1 atom stereocenters. The number of methoxy groups -OCH3 is 2. The van der Waals surface area contributed by atoms with Crippen molar-refractivity contribution in [3.05, 3.63) is 58.9 Å². The lowest BCUT2D eigenvalue weighted by atomic mass is 9.94. The second-order valence-electron chi connectivity index (χ2n) is 4.71. The topological polar surface area (TPSA) is 56.5 Å². The standard InChI is InChI=1S/C16H19FN2O2/c1-10-4-5-11(17)8-13(10)16(19-18)14-9-12(20-2)6-7-15(14)21-3/h4-9,16,19H,18H2,1-3H3. The average molecular weight is 290 g/mol. The van der Waals surface area contributed by atoms with Crippen molar-refractivity contribution >= 4 is 0 Å². The number of hydrazine groups is 1. The summed E-state index contributed by atoms with van der Waals surface area (Å²) in [5, 5.41) is 0. The first-order valence-corrected chi connectivity index (χ1v) is 6.54. The number of hydrogen-bond acceptors (Lipinski definition) is 4. The largest absolute Gasteiger partial charge is 0.497 e. The molecular weight excluding hydrogens is 271 g/mol. The van der Waals surface area contributed by atoms with Gasteiger partial charge in [-0.2, -0.15) is 0 Å². The zero-order valence-electron chi connectivity index (χ0n) is 12.3. The Morgan fingerprint density at radius 1 is 1.05 bits per heavy atom. The van der Waals surface area contributed by atoms with Crippen LogP contribution in [0.5, 0.6) is 11.5 Å². The molecule has 0 aliphatic heterocycles. The third-order valence-corrected chi connectivity index (χ3v) is 3.47. The third kappa shape index (κ3) is 3.15. The highest BCUT2D eigenvalue weighted by molar-refractivity contribution is 5.47. The molecule has 1 unspecified atom stereocenters. The Morgan fingerprint density at radius 2 is 1.81 bits per heavy atom. The first-order chi connectivity index (χ1) is 10.1. The van der Waals surface area contributed by atoms with Crippen molar-refractivity contribution in [1.29, 1.82) is 0 Å². The molecule has 0 bridgehead atoms. The van der Waals surface area contributed by atoms with Crippen molar-refractivity contribution < 1.29 is 13.9 Å². The predicted molar refractivity (Wildman–Crippen MR) is 79.8 cm³/mol. The maximum atomic E-state index is 13.6. The summed E-state index contributed by atoms with van der Waals surface area (Å²) < 4.78 is 24.2. The molecule has 4 nitrogen and oxygen atoms in total. The minimum Gasteiger partial charge on any atom is -0.497 e. The van der Waals surface area contributed by atoms with Crippen molar-refractivity contribution in [3.63, 3.8) is 0 Å². The monoisotopic (exact) mass is 290 g/mol.